The standard InChI is InChI=1S/C14H16N2O3S/c15-13(20)5-6-16(10-2-3-10)14(17)9-1-4-11-12(7-9)19-8-18-11/h1,4,7,10H,2-3,5-6,8H2,(H2,15,20). The number of nitrogens with two attached hydrogens (primary N) is 1. The van der Waals surface area contributed by atoms with E-state index in [0.29, 0.717) is 41.1 Å². The van der Waals surface area contributed by atoms with E-state index >= 15 is 0 Å². The second-order valence-corrected chi connectivity index (χ2v) is 5.54. The van der Waals surface area contributed by atoms with Crippen molar-refractivity contribution in [3.05, 3.63) is 23.8 Å². The Morgan fingerprint density at radius 2 is 2.10 bits per heavy atom. The number of hydrogen-bond donors (Lipinski definition) is 1. The van der Waals surface area contributed by atoms with E-state index in [1.807, 2.05) is 4.90 Å². The summed E-state index contributed by atoms with van der Waals surface area (Å²) in [5.41, 5.74) is 6.15. The van der Waals surface area contributed by atoms with Crippen LogP contribution in [0, 0.1) is 0 Å². The molecule has 1 fully saturated rings. The van der Waals surface area contributed by atoms with Gasteiger partial charge in [-0.15, -0.1) is 0 Å². The van der Waals surface area contributed by atoms with E-state index in [9.17, 15) is 4.79 Å². The van der Waals surface area contributed by atoms with Crippen molar-refractivity contribution in [2.24, 2.45) is 5.73 Å². The van der Waals surface area contributed by atoms with Gasteiger partial charge < -0.3 is 20.1 Å². The van der Waals surface area contributed by atoms with Gasteiger partial charge in [-0.3, -0.25) is 4.79 Å². The minimum Gasteiger partial charge on any atom is -0.454 e. The number of carbonyl (C=O) groups excluding carboxylic acids is 1. The van der Waals surface area contributed by atoms with Gasteiger partial charge in [0, 0.05) is 24.6 Å². The molecule has 1 saturated carbocycles. The van der Waals surface area contributed by atoms with Crippen LogP contribution in [-0.4, -0.2) is 35.2 Å². The molecule has 2 N–H and O–H groups in total. The fourth-order valence-corrected chi connectivity index (χ4v) is 2.35. The summed E-state index contributed by atoms with van der Waals surface area (Å²) in [5, 5.41) is 0. The third kappa shape index (κ3) is 2.70. The van der Waals surface area contributed by atoms with Crippen molar-refractivity contribution >= 4 is 23.1 Å². The molecule has 0 unspecified atom stereocenters. The van der Waals surface area contributed by atoms with Crippen molar-refractivity contribution in [3.63, 3.8) is 0 Å². The molecule has 0 bridgehead atoms. The van der Waals surface area contributed by atoms with Gasteiger partial charge in [0.1, 0.15) is 0 Å². The van der Waals surface area contributed by atoms with Crippen molar-refractivity contribution in [2.75, 3.05) is 13.3 Å². The predicted molar refractivity (Wildman–Crippen MR) is 78.0 cm³/mol. The van der Waals surface area contributed by atoms with Crippen LogP contribution in [0.4, 0.5) is 0 Å². The lowest BCUT2D eigenvalue weighted by Gasteiger charge is -2.22. The molecule has 1 aliphatic heterocycles. The number of fused-ring (bicyclic) bond motifs is 1. The zero-order valence-electron chi connectivity index (χ0n) is 11.0. The van der Waals surface area contributed by atoms with Gasteiger partial charge >= 0.3 is 0 Å². The molecule has 0 atom stereocenters. The molecule has 0 aromatic heterocycles. The third-order valence-corrected chi connectivity index (χ3v) is 3.67. The van der Waals surface area contributed by atoms with Gasteiger partial charge in [-0.1, -0.05) is 12.2 Å². The van der Waals surface area contributed by atoms with Crippen LogP contribution in [0.15, 0.2) is 18.2 Å². The zero-order chi connectivity index (χ0) is 14.1. The van der Waals surface area contributed by atoms with E-state index in [4.69, 9.17) is 27.4 Å². The number of amides is 1. The smallest absolute Gasteiger partial charge is 0.254 e. The Morgan fingerprint density at radius 3 is 2.80 bits per heavy atom. The Kier molecular flexibility index (Phi) is 3.48. The molecule has 0 spiro atoms. The fourth-order valence-electron chi connectivity index (χ4n) is 2.26. The molecule has 2 aliphatic rings. The summed E-state index contributed by atoms with van der Waals surface area (Å²) in [6, 6.07) is 5.60. The number of benzene rings is 1. The summed E-state index contributed by atoms with van der Waals surface area (Å²) in [5.74, 6) is 1.31. The minimum atomic E-state index is 0.00190. The van der Waals surface area contributed by atoms with Gasteiger partial charge in [0.05, 0.1) is 4.99 Å². The minimum absolute atomic E-state index is 0.00190. The maximum Gasteiger partial charge on any atom is 0.254 e. The molecule has 6 heteroatoms. The molecule has 0 saturated heterocycles. The number of thiocarbonyl (C=S) groups is 1. The molecule has 1 aromatic rings. The van der Waals surface area contributed by atoms with Gasteiger partial charge in [-0.05, 0) is 31.0 Å². The van der Waals surface area contributed by atoms with Crippen LogP contribution < -0.4 is 15.2 Å². The Labute approximate surface area is 122 Å². The average Bonchev–Trinajstić information content (AvgIpc) is 3.15. The first kappa shape index (κ1) is 13.2. The number of nitrogens with zero attached hydrogens (tertiary/aromatic N) is 1. The monoisotopic (exact) mass is 292 g/mol. The Bertz CT molecular complexity index is 557. The van der Waals surface area contributed by atoms with Gasteiger partial charge in [0.15, 0.2) is 11.5 Å². The van der Waals surface area contributed by atoms with E-state index in [0.717, 1.165) is 12.8 Å². The van der Waals surface area contributed by atoms with E-state index in [-0.39, 0.29) is 12.7 Å². The van der Waals surface area contributed by atoms with Gasteiger partial charge in [0.25, 0.3) is 5.91 Å². The highest BCUT2D eigenvalue weighted by atomic mass is 32.1. The summed E-state index contributed by atoms with van der Waals surface area (Å²) in [6.07, 6.45) is 2.66. The van der Waals surface area contributed by atoms with Crippen molar-refractivity contribution in [2.45, 2.75) is 25.3 Å². The second kappa shape index (κ2) is 5.28. The number of carbonyl (C=O) groups is 1. The van der Waals surface area contributed by atoms with E-state index in [1.165, 1.54) is 0 Å². The number of ether oxygens (including phenoxy) is 2. The first-order valence-corrected chi connectivity index (χ1v) is 7.05. The highest BCUT2D eigenvalue weighted by Gasteiger charge is 2.33. The zero-order valence-corrected chi connectivity index (χ0v) is 11.8. The molecular formula is C14H16N2O3S. The largest absolute Gasteiger partial charge is 0.454 e. The molecule has 5 nitrogen and oxygen atoms in total. The normalized spacial score (nSPS) is 16.0. The van der Waals surface area contributed by atoms with Gasteiger partial charge in [-0.25, -0.2) is 0 Å². The molecule has 0 radical (unpaired) electrons. The Hall–Kier alpha value is -1.82. The predicted octanol–water partition coefficient (Wildman–Crippen LogP) is 1.70. The van der Waals surface area contributed by atoms with Gasteiger partial charge in [-0.2, -0.15) is 0 Å². The van der Waals surface area contributed by atoms with Crippen molar-refractivity contribution in [3.8, 4) is 11.5 Å². The van der Waals surface area contributed by atoms with Crippen molar-refractivity contribution < 1.29 is 14.3 Å². The second-order valence-electron chi connectivity index (χ2n) is 5.01. The van der Waals surface area contributed by atoms with Crippen LogP contribution in [0.5, 0.6) is 11.5 Å². The van der Waals surface area contributed by atoms with Gasteiger partial charge in [0.2, 0.25) is 6.79 Å². The van der Waals surface area contributed by atoms with Crippen LogP contribution >= 0.6 is 12.2 Å². The maximum atomic E-state index is 12.6. The summed E-state index contributed by atoms with van der Waals surface area (Å²) in [6.45, 7) is 0.786. The highest BCUT2D eigenvalue weighted by molar-refractivity contribution is 7.80. The molecule has 1 aliphatic carbocycles. The van der Waals surface area contributed by atoms with Crippen LogP contribution in [0.1, 0.15) is 29.6 Å². The molecule has 20 heavy (non-hydrogen) atoms. The lowest BCUT2D eigenvalue weighted by molar-refractivity contribution is 0.0747. The van der Waals surface area contributed by atoms with Crippen LogP contribution in [0.2, 0.25) is 0 Å². The van der Waals surface area contributed by atoms with E-state index in [2.05, 4.69) is 0 Å². The summed E-state index contributed by atoms with van der Waals surface area (Å²) >= 11 is 4.89. The highest BCUT2D eigenvalue weighted by Crippen LogP contribution is 2.34. The SMILES string of the molecule is NC(=S)CCN(C(=O)c1ccc2c(c1)OCO2)C1CC1. The first-order valence-electron chi connectivity index (χ1n) is 6.64. The topological polar surface area (TPSA) is 64.8 Å². The Morgan fingerprint density at radius 1 is 1.35 bits per heavy atom. The lowest BCUT2D eigenvalue weighted by Crippen LogP contribution is -2.35. The van der Waals surface area contributed by atoms with Crippen LogP contribution in [0.3, 0.4) is 0 Å². The molecule has 3 rings (SSSR count). The fraction of sp³-hybridized carbons (Fsp3) is 0.429. The molecule has 1 amide bonds. The number of rotatable bonds is 5. The Balaban J connectivity index is 1.76. The average molecular weight is 292 g/mol. The molecule has 1 heterocycles. The van der Waals surface area contributed by atoms with Crippen LogP contribution in [-0.2, 0) is 0 Å². The van der Waals surface area contributed by atoms with Crippen molar-refractivity contribution in [1.29, 1.82) is 0 Å². The summed E-state index contributed by atoms with van der Waals surface area (Å²) in [4.78, 5) is 14.9. The lowest BCUT2D eigenvalue weighted by atomic mass is 10.1. The van der Waals surface area contributed by atoms with Crippen molar-refractivity contribution in [1.82, 2.24) is 4.90 Å². The maximum absolute atomic E-state index is 12.6. The van der Waals surface area contributed by atoms with E-state index in [1.54, 1.807) is 18.2 Å². The number of hydrogen-bond acceptors (Lipinski definition) is 4. The quantitative estimate of drug-likeness (QED) is 0.837. The van der Waals surface area contributed by atoms with Crippen LogP contribution in [0.25, 0.3) is 0 Å². The summed E-state index contributed by atoms with van der Waals surface area (Å²) in [7, 11) is 0. The molecule has 1 aromatic carbocycles. The first-order chi connectivity index (χ1) is 9.65. The summed E-state index contributed by atoms with van der Waals surface area (Å²) < 4.78 is 10.6. The molecule has 106 valence electrons. The molecular weight excluding hydrogens is 276 g/mol. The van der Waals surface area contributed by atoms with E-state index < -0.39 is 0 Å². The third-order valence-electron chi connectivity index (χ3n) is 3.47.